The molecule has 1 fully saturated rings. The lowest BCUT2D eigenvalue weighted by atomic mass is 10.1. The van der Waals surface area contributed by atoms with Gasteiger partial charge in [0.1, 0.15) is 5.75 Å². The summed E-state index contributed by atoms with van der Waals surface area (Å²) < 4.78 is 5.42. The van der Waals surface area contributed by atoms with Crippen LogP contribution in [0.1, 0.15) is 12.8 Å². The summed E-state index contributed by atoms with van der Waals surface area (Å²) in [6, 6.07) is 7.36. The van der Waals surface area contributed by atoms with Crippen molar-refractivity contribution >= 4 is 29.9 Å². The van der Waals surface area contributed by atoms with E-state index in [2.05, 4.69) is 0 Å². The maximum Gasteiger partial charge on any atom is 0.260 e. The normalized spacial score (nSPS) is 15.8. The quantitative estimate of drug-likeness (QED) is 0.930. The van der Waals surface area contributed by atoms with Gasteiger partial charge in [0.05, 0.1) is 5.02 Å². The van der Waals surface area contributed by atoms with E-state index < -0.39 is 0 Å². The lowest BCUT2D eigenvalue weighted by Gasteiger charge is -2.30. The Hall–Kier alpha value is -0.970. The number of rotatable bonds is 3. The number of amides is 1. The average Bonchev–Trinajstić information content (AvgIpc) is 2.38. The zero-order valence-corrected chi connectivity index (χ0v) is 12.1. The van der Waals surface area contributed by atoms with Crippen LogP contribution in [0.5, 0.6) is 5.75 Å². The zero-order valence-electron chi connectivity index (χ0n) is 10.5. The van der Waals surface area contributed by atoms with Gasteiger partial charge in [-0.25, -0.2) is 0 Å². The highest BCUT2D eigenvalue weighted by atomic mass is 35.5. The first-order chi connectivity index (χ1) is 8.66. The van der Waals surface area contributed by atoms with Crippen molar-refractivity contribution in [3.63, 3.8) is 0 Å². The highest BCUT2D eigenvalue weighted by molar-refractivity contribution is 6.32. The molecule has 19 heavy (non-hydrogen) atoms. The molecule has 1 aliphatic rings. The third-order valence-corrected chi connectivity index (χ3v) is 3.39. The van der Waals surface area contributed by atoms with Crippen LogP contribution in [0, 0.1) is 0 Å². The van der Waals surface area contributed by atoms with Gasteiger partial charge < -0.3 is 15.4 Å². The first-order valence-electron chi connectivity index (χ1n) is 6.07. The fraction of sp³-hybridized carbons (Fsp3) is 0.462. The number of nitrogens with zero attached hydrogens (tertiary/aromatic N) is 1. The van der Waals surface area contributed by atoms with Crippen LogP contribution in [0.2, 0.25) is 5.02 Å². The van der Waals surface area contributed by atoms with Gasteiger partial charge in [0.15, 0.2) is 6.61 Å². The Morgan fingerprint density at radius 1 is 1.37 bits per heavy atom. The van der Waals surface area contributed by atoms with Crippen LogP contribution in [0.4, 0.5) is 0 Å². The summed E-state index contributed by atoms with van der Waals surface area (Å²) in [6.07, 6.45) is 1.72. The van der Waals surface area contributed by atoms with Crippen LogP contribution >= 0.6 is 24.0 Å². The largest absolute Gasteiger partial charge is 0.482 e. The molecule has 1 aromatic rings. The maximum atomic E-state index is 11.9. The van der Waals surface area contributed by atoms with Crippen molar-refractivity contribution < 1.29 is 9.53 Å². The average molecular weight is 305 g/mol. The lowest BCUT2D eigenvalue weighted by molar-refractivity contribution is -0.134. The van der Waals surface area contributed by atoms with Crippen molar-refractivity contribution in [1.82, 2.24) is 4.90 Å². The van der Waals surface area contributed by atoms with Gasteiger partial charge in [0.25, 0.3) is 5.91 Å². The van der Waals surface area contributed by atoms with E-state index in [4.69, 9.17) is 22.1 Å². The molecule has 1 saturated heterocycles. The molecule has 0 unspecified atom stereocenters. The summed E-state index contributed by atoms with van der Waals surface area (Å²) in [5, 5.41) is 0.519. The smallest absolute Gasteiger partial charge is 0.260 e. The summed E-state index contributed by atoms with van der Waals surface area (Å²) in [5.74, 6) is 0.531. The monoisotopic (exact) mass is 304 g/mol. The second-order valence-electron chi connectivity index (χ2n) is 4.44. The van der Waals surface area contributed by atoms with E-state index in [1.807, 2.05) is 12.1 Å². The van der Waals surface area contributed by atoms with Gasteiger partial charge in [-0.05, 0) is 25.0 Å². The number of nitrogens with two attached hydrogens (primary N) is 1. The molecule has 2 rings (SSSR count). The van der Waals surface area contributed by atoms with Gasteiger partial charge in [-0.15, -0.1) is 12.4 Å². The first kappa shape index (κ1) is 16.1. The topological polar surface area (TPSA) is 55.6 Å². The third-order valence-electron chi connectivity index (χ3n) is 3.08. The van der Waals surface area contributed by atoms with Crippen LogP contribution in [-0.4, -0.2) is 36.5 Å². The molecular formula is C13H18Cl2N2O2. The number of carbonyl (C=O) groups is 1. The summed E-state index contributed by atoms with van der Waals surface area (Å²) in [7, 11) is 0. The van der Waals surface area contributed by atoms with Crippen molar-refractivity contribution in [2.45, 2.75) is 18.9 Å². The summed E-state index contributed by atoms with van der Waals surface area (Å²) >= 11 is 5.95. The molecule has 4 nitrogen and oxygen atoms in total. The highest BCUT2D eigenvalue weighted by Gasteiger charge is 2.20. The van der Waals surface area contributed by atoms with Crippen LogP contribution < -0.4 is 10.5 Å². The third kappa shape index (κ3) is 4.56. The van der Waals surface area contributed by atoms with Gasteiger partial charge in [0, 0.05) is 19.1 Å². The van der Waals surface area contributed by atoms with E-state index in [1.54, 1.807) is 17.0 Å². The molecule has 1 aliphatic heterocycles. The standard InChI is InChI=1S/C13H17ClN2O2.ClH/c14-11-3-1-2-4-12(11)18-9-13(17)16-7-5-10(15)6-8-16;/h1-4,10H,5-9,15H2;1H. The molecule has 0 radical (unpaired) electrons. The molecule has 1 amide bonds. The number of para-hydroxylation sites is 1. The maximum absolute atomic E-state index is 11.9. The van der Waals surface area contributed by atoms with Crippen LogP contribution in [-0.2, 0) is 4.79 Å². The van der Waals surface area contributed by atoms with Crippen molar-refractivity contribution in [2.24, 2.45) is 5.73 Å². The van der Waals surface area contributed by atoms with Crippen LogP contribution in [0.3, 0.4) is 0 Å². The molecule has 0 aliphatic carbocycles. The van der Waals surface area contributed by atoms with E-state index >= 15 is 0 Å². The summed E-state index contributed by atoms with van der Waals surface area (Å²) in [5.41, 5.74) is 5.80. The molecule has 0 saturated carbocycles. The van der Waals surface area contributed by atoms with E-state index in [1.165, 1.54) is 0 Å². The Morgan fingerprint density at radius 3 is 2.63 bits per heavy atom. The first-order valence-corrected chi connectivity index (χ1v) is 6.45. The number of carbonyl (C=O) groups excluding carboxylic acids is 1. The molecular weight excluding hydrogens is 287 g/mol. The predicted molar refractivity (Wildman–Crippen MR) is 78.0 cm³/mol. The summed E-state index contributed by atoms with van der Waals surface area (Å²) in [4.78, 5) is 13.7. The second kappa shape index (κ2) is 7.58. The molecule has 0 atom stereocenters. The van der Waals surface area contributed by atoms with E-state index in [0.29, 0.717) is 23.9 Å². The van der Waals surface area contributed by atoms with Crippen molar-refractivity contribution in [3.05, 3.63) is 29.3 Å². The number of likely N-dealkylation sites (tertiary alicyclic amines) is 1. The van der Waals surface area contributed by atoms with E-state index in [-0.39, 0.29) is 31.0 Å². The lowest BCUT2D eigenvalue weighted by Crippen LogP contribution is -2.44. The van der Waals surface area contributed by atoms with Gasteiger partial charge in [-0.2, -0.15) is 0 Å². The molecule has 0 spiro atoms. The molecule has 2 N–H and O–H groups in total. The number of benzene rings is 1. The Morgan fingerprint density at radius 2 is 2.00 bits per heavy atom. The molecule has 1 heterocycles. The molecule has 0 aromatic heterocycles. The number of hydrogen-bond acceptors (Lipinski definition) is 3. The number of ether oxygens (including phenoxy) is 1. The number of halogens is 2. The number of hydrogen-bond donors (Lipinski definition) is 1. The van der Waals surface area contributed by atoms with Gasteiger partial charge in [0.2, 0.25) is 0 Å². The summed E-state index contributed by atoms with van der Waals surface area (Å²) in [6.45, 7) is 1.46. The minimum Gasteiger partial charge on any atom is -0.482 e. The van der Waals surface area contributed by atoms with Gasteiger partial charge in [-0.1, -0.05) is 23.7 Å². The van der Waals surface area contributed by atoms with Gasteiger partial charge >= 0.3 is 0 Å². The Bertz CT molecular complexity index is 421. The van der Waals surface area contributed by atoms with Crippen molar-refractivity contribution in [2.75, 3.05) is 19.7 Å². The fourth-order valence-corrected chi connectivity index (χ4v) is 2.13. The second-order valence-corrected chi connectivity index (χ2v) is 4.84. The minimum atomic E-state index is -0.0122. The van der Waals surface area contributed by atoms with Crippen molar-refractivity contribution in [1.29, 1.82) is 0 Å². The van der Waals surface area contributed by atoms with Crippen LogP contribution in [0.15, 0.2) is 24.3 Å². The Kier molecular flexibility index (Phi) is 6.42. The Balaban J connectivity index is 0.00000180. The fourth-order valence-electron chi connectivity index (χ4n) is 1.94. The molecule has 106 valence electrons. The van der Waals surface area contributed by atoms with E-state index in [9.17, 15) is 4.79 Å². The van der Waals surface area contributed by atoms with Crippen molar-refractivity contribution in [3.8, 4) is 5.75 Å². The zero-order chi connectivity index (χ0) is 13.0. The van der Waals surface area contributed by atoms with Crippen LogP contribution in [0.25, 0.3) is 0 Å². The molecule has 1 aromatic carbocycles. The SMILES string of the molecule is Cl.NC1CCN(C(=O)COc2ccccc2Cl)CC1. The predicted octanol–water partition coefficient (Wildman–Crippen LogP) is 2.09. The Labute approximate surface area is 124 Å². The highest BCUT2D eigenvalue weighted by Crippen LogP contribution is 2.23. The molecule has 0 bridgehead atoms. The van der Waals surface area contributed by atoms with E-state index in [0.717, 1.165) is 12.8 Å². The minimum absolute atomic E-state index is 0. The van der Waals surface area contributed by atoms with Gasteiger partial charge in [-0.3, -0.25) is 4.79 Å². The molecule has 6 heteroatoms. The number of piperidine rings is 1.